The molecule has 0 unspecified atom stereocenters. The molecule has 2 aliphatic rings. The Labute approximate surface area is 195 Å². The van der Waals surface area contributed by atoms with Crippen molar-refractivity contribution in [3.63, 3.8) is 0 Å². The molecule has 0 bridgehead atoms. The van der Waals surface area contributed by atoms with E-state index in [4.69, 9.17) is 4.74 Å². The first-order valence-electron chi connectivity index (χ1n) is 11.8. The van der Waals surface area contributed by atoms with Crippen LogP contribution in [0.1, 0.15) is 40.5 Å². The lowest BCUT2D eigenvalue weighted by Gasteiger charge is -2.31. The maximum absolute atomic E-state index is 12.6. The molecule has 0 radical (unpaired) electrons. The van der Waals surface area contributed by atoms with Gasteiger partial charge < -0.3 is 9.64 Å². The van der Waals surface area contributed by atoms with Gasteiger partial charge in [0.2, 0.25) is 0 Å². The quantitative estimate of drug-likeness (QED) is 0.601. The van der Waals surface area contributed by atoms with E-state index in [2.05, 4.69) is 70.7 Å². The highest BCUT2D eigenvalue weighted by Crippen LogP contribution is 2.26. The van der Waals surface area contributed by atoms with E-state index >= 15 is 0 Å². The summed E-state index contributed by atoms with van der Waals surface area (Å²) >= 11 is 0. The first-order chi connectivity index (χ1) is 16.2. The summed E-state index contributed by atoms with van der Waals surface area (Å²) in [5.74, 6) is -0.0453. The van der Waals surface area contributed by atoms with E-state index in [1.165, 1.54) is 22.3 Å². The van der Waals surface area contributed by atoms with Crippen LogP contribution in [0.2, 0.25) is 0 Å². The van der Waals surface area contributed by atoms with Gasteiger partial charge in [0.05, 0.1) is 25.5 Å². The summed E-state index contributed by atoms with van der Waals surface area (Å²) in [5.41, 5.74) is 5.64. The van der Waals surface area contributed by atoms with Gasteiger partial charge >= 0.3 is 0 Å². The molecule has 3 aromatic rings. The van der Waals surface area contributed by atoms with Crippen molar-refractivity contribution in [1.29, 1.82) is 0 Å². The van der Waals surface area contributed by atoms with Gasteiger partial charge in [0, 0.05) is 32.7 Å². The van der Waals surface area contributed by atoms with Crippen LogP contribution in [0.3, 0.4) is 0 Å². The molecule has 2 fully saturated rings. The van der Waals surface area contributed by atoms with Crippen molar-refractivity contribution in [3.8, 4) is 11.1 Å². The minimum Gasteiger partial charge on any atom is -0.378 e. The number of carbonyl (C=O) groups excluding carboxylic acids is 1. The van der Waals surface area contributed by atoms with Gasteiger partial charge in [0.25, 0.3) is 5.91 Å². The second kappa shape index (κ2) is 9.85. The molecule has 2 aliphatic heterocycles. The number of amides is 1. The number of aromatic nitrogens is 3. The largest absolute Gasteiger partial charge is 0.378 e. The molecule has 1 amide bonds. The number of nitrogens with zero attached hydrogens (tertiary/aromatic N) is 5. The van der Waals surface area contributed by atoms with Gasteiger partial charge in [-0.2, -0.15) is 0 Å². The summed E-state index contributed by atoms with van der Waals surface area (Å²) < 4.78 is 7.22. The lowest BCUT2D eigenvalue weighted by atomic mass is 9.99. The van der Waals surface area contributed by atoms with Gasteiger partial charge in [-0.25, -0.2) is 4.68 Å². The molecule has 2 aromatic carbocycles. The molecule has 1 aromatic heterocycles. The fourth-order valence-corrected chi connectivity index (χ4v) is 4.77. The number of likely N-dealkylation sites (tertiary alicyclic amines) is 1. The molecule has 0 N–H and O–H groups in total. The number of ether oxygens (including phenoxy) is 1. The zero-order valence-corrected chi connectivity index (χ0v) is 19.2. The monoisotopic (exact) mass is 445 g/mol. The molecule has 172 valence electrons. The van der Waals surface area contributed by atoms with Crippen molar-refractivity contribution in [2.45, 2.75) is 32.4 Å². The third-order valence-electron chi connectivity index (χ3n) is 6.78. The number of carbonyl (C=O) groups is 1. The maximum Gasteiger partial charge on any atom is 0.276 e. The molecule has 7 nitrogen and oxygen atoms in total. The molecule has 5 rings (SSSR count). The Morgan fingerprint density at radius 1 is 1.00 bits per heavy atom. The predicted octanol–water partition coefficient (Wildman–Crippen LogP) is 3.56. The van der Waals surface area contributed by atoms with Gasteiger partial charge in [-0.3, -0.25) is 9.69 Å². The van der Waals surface area contributed by atoms with Crippen molar-refractivity contribution < 1.29 is 9.53 Å². The number of benzene rings is 2. The Morgan fingerprint density at radius 3 is 2.45 bits per heavy atom. The van der Waals surface area contributed by atoms with E-state index in [1.807, 2.05) is 10.9 Å². The van der Waals surface area contributed by atoms with Crippen LogP contribution in [0.15, 0.2) is 54.7 Å². The van der Waals surface area contributed by atoms with Crippen LogP contribution in [0, 0.1) is 6.92 Å². The lowest BCUT2D eigenvalue weighted by molar-refractivity contribution is 0.0299. The standard InChI is InChI=1S/C26H31N5O2/c1-20-4-2-3-5-24(20)22-8-6-21(7-9-22)18-29-12-10-23(11-13-29)31-19-25(27-28-31)26(32)30-14-16-33-17-15-30/h2-9,19,23H,10-18H2,1H3. The summed E-state index contributed by atoms with van der Waals surface area (Å²) in [6.45, 7) is 7.56. The van der Waals surface area contributed by atoms with E-state index in [9.17, 15) is 4.79 Å². The Kier molecular flexibility index (Phi) is 6.51. The van der Waals surface area contributed by atoms with E-state index in [1.54, 1.807) is 4.90 Å². The number of piperidine rings is 1. The maximum atomic E-state index is 12.6. The fraction of sp³-hybridized carbons (Fsp3) is 0.423. The topological polar surface area (TPSA) is 63.5 Å². The van der Waals surface area contributed by atoms with E-state index in [-0.39, 0.29) is 5.91 Å². The summed E-state index contributed by atoms with van der Waals surface area (Å²) in [6, 6.07) is 17.8. The van der Waals surface area contributed by atoms with Gasteiger partial charge in [0.15, 0.2) is 5.69 Å². The van der Waals surface area contributed by atoms with Crippen LogP contribution in [0.25, 0.3) is 11.1 Å². The van der Waals surface area contributed by atoms with Crippen LogP contribution >= 0.6 is 0 Å². The normalized spacial score (nSPS) is 17.9. The highest BCUT2D eigenvalue weighted by Gasteiger charge is 2.25. The van der Waals surface area contributed by atoms with Gasteiger partial charge in [-0.15, -0.1) is 5.10 Å². The minimum absolute atomic E-state index is 0.0453. The van der Waals surface area contributed by atoms with Gasteiger partial charge in [-0.1, -0.05) is 53.7 Å². The number of hydrogen-bond acceptors (Lipinski definition) is 5. The third-order valence-corrected chi connectivity index (χ3v) is 6.78. The number of aryl methyl sites for hydroxylation is 1. The molecule has 0 saturated carbocycles. The first kappa shape index (κ1) is 21.8. The van der Waals surface area contributed by atoms with Crippen molar-refractivity contribution in [2.75, 3.05) is 39.4 Å². The average Bonchev–Trinajstić information content (AvgIpc) is 3.36. The van der Waals surface area contributed by atoms with E-state index in [0.717, 1.165) is 32.5 Å². The zero-order valence-electron chi connectivity index (χ0n) is 19.2. The van der Waals surface area contributed by atoms with Crippen molar-refractivity contribution in [2.24, 2.45) is 0 Å². The summed E-state index contributed by atoms with van der Waals surface area (Å²) in [7, 11) is 0. The molecule has 0 aliphatic carbocycles. The van der Waals surface area contributed by atoms with Crippen molar-refractivity contribution in [1.82, 2.24) is 24.8 Å². The molecule has 0 spiro atoms. The molecular formula is C26H31N5O2. The van der Waals surface area contributed by atoms with Crippen LogP contribution in [0.4, 0.5) is 0 Å². The number of morpholine rings is 1. The first-order valence-corrected chi connectivity index (χ1v) is 11.8. The minimum atomic E-state index is -0.0453. The summed E-state index contributed by atoms with van der Waals surface area (Å²) in [4.78, 5) is 16.9. The Morgan fingerprint density at radius 2 is 1.73 bits per heavy atom. The smallest absolute Gasteiger partial charge is 0.276 e. The molecule has 0 atom stereocenters. The Balaban J connectivity index is 1.14. The lowest BCUT2D eigenvalue weighted by Crippen LogP contribution is -2.40. The van der Waals surface area contributed by atoms with Gasteiger partial charge in [0.1, 0.15) is 0 Å². The molecule has 7 heteroatoms. The summed E-state index contributed by atoms with van der Waals surface area (Å²) in [6.07, 6.45) is 3.84. The average molecular weight is 446 g/mol. The van der Waals surface area contributed by atoms with Crippen molar-refractivity contribution >= 4 is 5.91 Å². The highest BCUT2D eigenvalue weighted by molar-refractivity contribution is 5.92. The number of hydrogen-bond donors (Lipinski definition) is 0. The second-order valence-electron chi connectivity index (χ2n) is 9.01. The molecule has 2 saturated heterocycles. The molecular weight excluding hydrogens is 414 g/mol. The van der Waals surface area contributed by atoms with Crippen LogP contribution in [-0.2, 0) is 11.3 Å². The van der Waals surface area contributed by atoms with Crippen LogP contribution < -0.4 is 0 Å². The highest BCUT2D eigenvalue weighted by atomic mass is 16.5. The zero-order chi connectivity index (χ0) is 22.6. The second-order valence-corrected chi connectivity index (χ2v) is 9.01. The SMILES string of the molecule is Cc1ccccc1-c1ccc(CN2CCC(n3cc(C(=O)N4CCOCC4)nn3)CC2)cc1. The molecule has 3 heterocycles. The number of rotatable bonds is 5. The predicted molar refractivity (Wildman–Crippen MR) is 127 cm³/mol. The van der Waals surface area contributed by atoms with Crippen LogP contribution in [0.5, 0.6) is 0 Å². The fourth-order valence-electron chi connectivity index (χ4n) is 4.77. The molecule has 33 heavy (non-hydrogen) atoms. The summed E-state index contributed by atoms with van der Waals surface area (Å²) in [5, 5.41) is 8.44. The van der Waals surface area contributed by atoms with E-state index in [0.29, 0.717) is 38.0 Å². The Hall–Kier alpha value is -3.03. The Bertz CT molecular complexity index is 1080. The van der Waals surface area contributed by atoms with Crippen LogP contribution in [-0.4, -0.2) is 70.1 Å². The van der Waals surface area contributed by atoms with Gasteiger partial charge in [-0.05, 0) is 42.0 Å². The third kappa shape index (κ3) is 4.99. The van der Waals surface area contributed by atoms with Crippen molar-refractivity contribution in [3.05, 3.63) is 71.5 Å². The van der Waals surface area contributed by atoms with E-state index < -0.39 is 0 Å².